The lowest BCUT2D eigenvalue weighted by molar-refractivity contribution is -0.188. The second-order valence-electron chi connectivity index (χ2n) is 5.55. The standard InChI is InChI=1S/C15H16F6N2O3/c16-14(17,18)10-6-2-1-5-9(10)12(15(19,20)21)22-13(24)23-26-11-7-3-4-8-25-11/h1-2,5-6,11-12H,3-4,7-8H2,(H2,22,23,24)/t11-,12+/m1/s1. The molecule has 5 nitrogen and oxygen atoms in total. The van der Waals surface area contributed by atoms with Crippen molar-refractivity contribution in [3.8, 4) is 0 Å². The third-order valence-corrected chi connectivity index (χ3v) is 3.60. The molecule has 2 N–H and O–H groups in total. The summed E-state index contributed by atoms with van der Waals surface area (Å²) in [5.41, 5.74) is -0.875. The molecular weight excluding hydrogens is 370 g/mol. The molecule has 0 bridgehead atoms. The third kappa shape index (κ3) is 5.49. The predicted octanol–water partition coefficient (Wildman–Crippen LogP) is 4.07. The summed E-state index contributed by atoms with van der Waals surface area (Å²) in [6.07, 6.45) is -9.01. The van der Waals surface area contributed by atoms with Crippen molar-refractivity contribution in [1.29, 1.82) is 0 Å². The summed E-state index contributed by atoms with van der Waals surface area (Å²) in [4.78, 5) is 16.5. The minimum atomic E-state index is -5.15. The van der Waals surface area contributed by atoms with Crippen molar-refractivity contribution in [1.82, 2.24) is 10.8 Å². The van der Waals surface area contributed by atoms with Crippen LogP contribution < -0.4 is 10.8 Å². The van der Waals surface area contributed by atoms with Crippen LogP contribution >= 0.6 is 0 Å². The Morgan fingerprint density at radius 2 is 1.85 bits per heavy atom. The van der Waals surface area contributed by atoms with Crippen molar-refractivity contribution >= 4 is 6.03 Å². The number of nitrogens with one attached hydrogen (secondary N) is 2. The van der Waals surface area contributed by atoms with Crippen molar-refractivity contribution < 1.29 is 40.7 Å². The molecule has 0 unspecified atom stereocenters. The summed E-state index contributed by atoms with van der Waals surface area (Å²) in [6, 6.07) is -1.14. The van der Waals surface area contributed by atoms with Crippen LogP contribution in [-0.4, -0.2) is 25.1 Å². The number of rotatable bonds is 4. The van der Waals surface area contributed by atoms with Crippen molar-refractivity contribution in [2.75, 3.05) is 6.61 Å². The number of alkyl halides is 6. The summed E-state index contributed by atoms with van der Waals surface area (Å²) in [7, 11) is 0. The number of hydrogen-bond acceptors (Lipinski definition) is 3. The number of ether oxygens (including phenoxy) is 1. The molecule has 26 heavy (non-hydrogen) atoms. The van der Waals surface area contributed by atoms with Crippen molar-refractivity contribution in [3.05, 3.63) is 35.4 Å². The quantitative estimate of drug-likeness (QED) is 0.606. The molecule has 2 atom stereocenters. The molecule has 11 heteroatoms. The summed E-state index contributed by atoms with van der Waals surface area (Å²) in [5.74, 6) is 0. The zero-order valence-corrected chi connectivity index (χ0v) is 13.3. The highest BCUT2D eigenvalue weighted by Crippen LogP contribution is 2.40. The molecule has 2 rings (SSSR count). The highest BCUT2D eigenvalue weighted by Gasteiger charge is 2.46. The average Bonchev–Trinajstić information content (AvgIpc) is 2.57. The number of urea groups is 1. The summed E-state index contributed by atoms with van der Waals surface area (Å²) < 4.78 is 83.8. The van der Waals surface area contributed by atoms with Gasteiger partial charge in [0.25, 0.3) is 0 Å². The second kappa shape index (κ2) is 8.12. The Hall–Kier alpha value is -2.01. The Labute approximate surface area is 144 Å². The fourth-order valence-electron chi connectivity index (χ4n) is 2.43. The minimum absolute atomic E-state index is 0.373. The van der Waals surface area contributed by atoms with Crippen LogP contribution in [0, 0.1) is 0 Å². The first-order valence-electron chi connectivity index (χ1n) is 7.65. The fraction of sp³-hybridized carbons (Fsp3) is 0.533. The lowest BCUT2D eigenvalue weighted by Gasteiger charge is -2.26. The Bertz CT molecular complexity index is 614. The van der Waals surface area contributed by atoms with Crippen LogP contribution in [0.5, 0.6) is 0 Å². The van der Waals surface area contributed by atoms with Crippen LogP contribution in [0.3, 0.4) is 0 Å². The van der Waals surface area contributed by atoms with E-state index in [1.165, 1.54) is 5.32 Å². The maximum atomic E-state index is 13.3. The van der Waals surface area contributed by atoms with Gasteiger partial charge in [0, 0.05) is 13.0 Å². The number of hydroxylamine groups is 1. The summed E-state index contributed by atoms with van der Waals surface area (Å²) in [6.45, 7) is 0.373. The molecular formula is C15H16F6N2O3. The molecule has 1 aromatic rings. The van der Waals surface area contributed by atoms with E-state index in [1.54, 1.807) is 5.48 Å². The van der Waals surface area contributed by atoms with Crippen LogP contribution in [-0.2, 0) is 15.8 Å². The van der Waals surface area contributed by atoms with Gasteiger partial charge in [0.15, 0.2) is 12.3 Å². The smallest absolute Gasteiger partial charge is 0.350 e. The normalized spacial score (nSPS) is 19.7. The monoisotopic (exact) mass is 386 g/mol. The molecule has 0 aliphatic carbocycles. The van der Waals surface area contributed by atoms with Gasteiger partial charge in [-0.05, 0) is 24.5 Å². The number of carbonyl (C=O) groups is 1. The van der Waals surface area contributed by atoms with Gasteiger partial charge in [0.2, 0.25) is 0 Å². The highest BCUT2D eigenvalue weighted by molar-refractivity contribution is 5.73. The van der Waals surface area contributed by atoms with Gasteiger partial charge in [-0.15, -0.1) is 0 Å². The lowest BCUT2D eigenvalue weighted by Crippen LogP contribution is -2.45. The molecule has 1 heterocycles. The van der Waals surface area contributed by atoms with Gasteiger partial charge in [-0.3, -0.25) is 0 Å². The fourth-order valence-corrected chi connectivity index (χ4v) is 2.43. The molecule has 2 amide bonds. The Balaban J connectivity index is 2.12. The van der Waals surface area contributed by atoms with Gasteiger partial charge in [-0.25, -0.2) is 15.1 Å². The Kier molecular flexibility index (Phi) is 6.34. The first kappa shape index (κ1) is 20.3. The number of benzene rings is 1. The average molecular weight is 386 g/mol. The van der Waals surface area contributed by atoms with Crippen molar-refractivity contribution in [2.24, 2.45) is 0 Å². The van der Waals surface area contributed by atoms with Gasteiger partial charge in [-0.1, -0.05) is 18.2 Å². The van der Waals surface area contributed by atoms with Crippen molar-refractivity contribution in [2.45, 2.75) is 43.9 Å². The van der Waals surface area contributed by atoms with Gasteiger partial charge >= 0.3 is 18.4 Å². The van der Waals surface area contributed by atoms with E-state index in [1.807, 2.05) is 0 Å². The summed E-state index contributed by atoms with van der Waals surface area (Å²) >= 11 is 0. The molecule has 1 aliphatic rings. The molecule has 146 valence electrons. The van der Waals surface area contributed by atoms with E-state index < -0.39 is 41.8 Å². The Morgan fingerprint density at radius 3 is 2.42 bits per heavy atom. The zero-order chi connectivity index (χ0) is 19.4. The van der Waals surface area contributed by atoms with Crippen LogP contribution in [0.15, 0.2) is 24.3 Å². The summed E-state index contributed by atoms with van der Waals surface area (Å²) in [5, 5.41) is 1.47. The van der Waals surface area contributed by atoms with E-state index in [0.717, 1.165) is 25.0 Å². The van der Waals surface area contributed by atoms with E-state index in [-0.39, 0.29) is 0 Å². The van der Waals surface area contributed by atoms with Gasteiger partial charge in [-0.2, -0.15) is 26.3 Å². The van der Waals surface area contributed by atoms with Crippen LogP contribution in [0.4, 0.5) is 31.1 Å². The molecule has 1 fully saturated rings. The largest absolute Gasteiger partial charge is 0.416 e. The molecule has 1 aliphatic heterocycles. The maximum Gasteiger partial charge on any atom is 0.416 e. The molecule has 0 spiro atoms. The third-order valence-electron chi connectivity index (χ3n) is 3.60. The maximum absolute atomic E-state index is 13.3. The Morgan fingerprint density at radius 1 is 1.15 bits per heavy atom. The molecule has 1 aromatic carbocycles. The van der Waals surface area contributed by atoms with Gasteiger partial charge in [0.1, 0.15) is 0 Å². The molecule has 0 saturated carbocycles. The predicted molar refractivity (Wildman–Crippen MR) is 76.6 cm³/mol. The number of carbonyl (C=O) groups excluding carboxylic acids is 1. The van der Waals surface area contributed by atoms with E-state index in [9.17, 15) is 31.1 Å². The van der Waals surface area contributed by atoms with Crippen LogP contribution in [0.1, 0.15) is 36.4 Å². The van der Waals surface area contributed by atoms with E-state index in [2.05, 4.69) is 0 Å². The molecule has 0 radical (unpaired) electrons. The van der Waals surface area contributed by atoms with Crippen LogP contribution in [0.25, 0.3) is 0 Å². The van der Waals surface area contributed by atoms with Gasteiger partial charge in [0.05, 0.1) is 5.56 Å². The molecule has 0 aromatic heterocycles. The minimum Gasteiger partial charge on any atom is -0.350 e. The van der Waals surface area contributed by atoms with E-state index >= 15 is 0 Å². The van der Waals surface area contributed by atoms with Crippen molar-refractivity contribution in [3.63, 3.8) is 0 Å². The van der Waals surface area contributed by atoms with Gasteiger partial charge < -0.3 is 10.1 Å². The number of halogens is 6. The topological polar surface area (TPSA) is 59.6 Å². The zero-order valence-electron chi connectivity index (χ0n) is 13.3. The number of hydrogen-bond donors (Lipinski definition) is 2. The first-order chi connectivity index (χ1) is 12.1. The number of amides is 2. The van der Waals surface area contributed by atoms with E-state index in [0.29, 0.717) is 25.2 Å². The second-order valence-corrected chi connectivity index (χ2v) is 5.55. The van der Waals surface area contributed by atoms with Crippen LogP contribution in [0.2, 0.25) is 0 Å². The highest BCUT2D eigenvalue weighted by atomic mass is 19.4. The first-order valence-corrected chi connectivity index (χ1v) is 7.65. The SMILES string of the molecule is O=C(NO[C@@H]1CCCCO1)N[C@@H](c1ccccc1C(F)(F)F)C(F)(F)F. The van der Waals surface area contributed by atoms with E-state index in [4.69, 9.17) is 9.57 Å². The lowest BCUT2D eigenvalue weighted by atomic mass is 9.99. The molecule has 1 saturated heterocycles.